The molecular formula is C16H14N6. The van der Waals surface area contributed by atoms with Crippen LogP contribution in [0.25, 0.3) is 17.2 Å². The van der Waals surface area contributed by atoms with Crippen molar-refractivity contribution in [3.63, 3.8) is 0 Å². The lowest BCUT2D eigenvalue weighted by atomic mass is 10.0. The minimum atomic E-state index is 0.487. The molecule has 3 aromatic rings. The zero-order chi connectivity index (χ0) is 15.5. The summed E-state index contributed by atoms with van der Waals surface area (Å²) in [6.45, 7) is 4.31. The molecule has 0 radical (unpaired) electrons. The first-order valence-corrected chi connectivity index (χ1v) is 6.94. The standard InChI is InChI=1S/C16H14N6/c1-11(2)13-4-6-14(7-5-13)16-19-21-22(20-16)15-8-3-12(9-17)10-18-15/h3-8,10-11H,1-2H3. The first-order chi connectivity index (χ1) is 10.7. The monoisotopic (exact) mass is 290 g/mol. The third kappa shape index (κ3) is 2.69. The van der Waals surface area contributed by atoms with E-state index in [1.54, 1.807) is 12.1 Å². The number of pyridine rings is 1. The Kier molecular flexibility index (Phi) is 3.62. The molecule has 0 aliphatic heterocycles. The number of tetrazole rings is 1. The Morgan fingerprint density at radius 1 is 1.09 bits per heavy atom. The van der Waals surface area contributed by atoms with Crippen LogP contribution in [0.1, 0.15) is 30.9 Å². The Morgan fingerprint density at radius 3 is 2.45 bits per heavy atom. The van der Waals surface area contributed by atoms with Crippen molar-refractivity contribution in [1.29, 1.82) is 5.26 Å². The van der Waals surface area contributed by atoms with Gasteiger partial charge in [-0.3, -0.25) is 0 Å². The Balaban J connectivity index is 1.88. The second-order valence-corrected chi connectivity index (χ2v) is 5.20. The molecule has 0 spiro atoms. The van der Waals surface area contributed by atoms with Crippen LogP contribution in [0.5, 0.6) is 0 Å². The van der Waals surface area contributed by atoms with Crippen LogP contribution in [0.3, 0.4) is 0 Å². The Labute approximate surface area is 128 Å². The molecule has 1 aromatic carbocycles. The van der Waals surface area contributed by atoms with E-state index in [0.29, 0.717) is 23.1 Å². The van der Waals surface area contributed by atoms with Crippen molar-refractivity contribution in [2.45, 2.75) is 19.8 Å². The van der Waals surface area contributed by atoms with Crippen LogP contribution in [-0.2, 0) is 0 Å². The molecular weight excluding hydrogens is 276 g/mol. The van der Waals surface area contributed by atoms with Crippen LogP contribution in [0.2, 0.25) is 0 Å². The minimum Gasteiger partial charge on any atom is -0.234 e. The third-order valence-electron chi connectivity index (χ3n) is 3.33. The van der Waals surface area contributed by atoms with Crippen LogP contribution in [-0.4, -0.2) is 25.2 Å². The second kappa shape index (κ2) is 5.74. The SMILES string of the molecule is CC(C)c1ccc(-c2nnn(-c3ccc(C#N)cn3)n2)cc1. The summed E-state index contributed by atoms with van der Waals surface area (Å²) in [5.74, 6) is 1.55. The lowest BCUT2D eigenvalue weighted by molar-refractivity contribution is 0.700. The quantitative estimate of drug-likeness (QED) is 0.741. The van der Waals surface area contributed by atoms with Gasteiger partial charge in [0.2, 0.25) is 5.82 Å². The lowest BCUT2D eigenvalue weighted by Gasteiger charge is -2.04. The Bertz CT molecular complexity index is 809. The van der Waals surface area contributed by atoms with Gasteiger partial charge >= 0.3 is 0 Å². The maximum atomic E-state index is 8.77. The van der Waals surface area contributed by atoms with E-state index in [2.05, 4.69) is 46.4 Å². The van der Waals surface area contributed by atoms with Gasteiger partial charge in [0, 0.05) is 11.8 Å². The fourth-order valence-corrected chi connectivity index (χ4v) is 2.01. The molecule has 0 amide bonds. The van der Waals surface area contributed by atoms with E-state index in [1.165, 1.54) is 16.6 Å². The zero-order valence-corrected chi connectivity index (χ0v) is 12.3. The molecule has 0 saturated carbocycles. The topological polar surface area (TPSA) is 80.3 Å². The number of rotatable bonds is 3. The van der Waals surface area contributed by atoms with Gasteiger partial charge < -0.3 is 0 Å². The zero-order valence-electron chi connectivity index (χ0n) is 12.3. The summed E-state index contributed by atoms with van der Waals surface area (Å²) < 4.78 is 0. The van der Waals surface area contributed by atoms with Crippen molar-refractivity contribution in [1.82, 2.24) is 25.2 Å². The number of hydrogen-bond acceptors (Lipinski definition) is 5. The molecule has 0 bridgehead atoms. The van der Waals surface area contributed by atoms with Crippen molar-refractivity contribution in [3.8, 4) is 23.3 Å². The summed E-state index contributed by atoms with van der Waals surface area (Å²) >= 11 is 0. The number of hydrogen-bond donors (Lipinski definition) is 0. The van der Waals surface area contributed by atoms with Gasteiger partial charge in [-0.25, -0.2) is 4.98 Å². The summed E-state index contributed by atoms with van der Waals surface area (Å²) in [6, 6.07) is 13.5. The predicted octanol–water partition coefficient (Wildman–Crippen LogP) is 2.72. The normalized spacial score (nSPS) is 10.6. The van der Waals surface area contributed by atoms with Crippen molar-refractivity contribution in [2.75, 3.05) is 0 Å². The van der Waals surface area contributed by atoms with E-state index in [-0.39, 0.29) is 0 Å². The first-order valence-electron chi connectivity index (χ1n) is 6.94. The molecule has 0 atom stereocenters. The van der Waals surface area contributed by atoms with Gasteiger partial charge in [-0.05, 0) is 28.8 Å². The molecule has 0 aliphatic carbocycles. The fraction of sp³-hybridized carbons (Fsp3) is 0.188. The Hall–Kier alpha value is -3.07. The molecule has 6 heteroatoms. The summed E-state index contributed by atoms with van der Waals surface area (Å²) in [5.41, 5.74) is 2.67. The van der Waals surface area contributed by atoms with Gasteiger partial charge in [-0.15, -0.1) is 15.0 Å². The molecule has 0 aliphatic rings. The first kappa shape index (κ1) is 13.9. The summed E-state index contributed by atoms with van der Waals surface area (Å²) in [6.07, 6.45) is 1.48. The van der Waals surface area contributed by atoms with Gasteiger partial charge in [0.1, 0.15) is 6.07 Å². The number of benzene rings is 1. The fourth-order valence-electron chi connectivity index (χ4n) is 2.01. The van der Waals surface area contributed by atoms with Crippen molar-refractivity contribution in [2.24, 2.45) is 0 Å². The van der Waals surface area contributed by atoms with E-state index in [0.717, 1.165) is 5.56 Å². The molecule has 0 unspecified atom stereocenters. The van der Waals surface area contributed by atoms with Gasteiger partial charge in [-0.1, -0.05) is 38.1 Å². The van der Waals surface area contributed by atoms with Crippen LogP contribution in [0.4, 0.5) is 0 Å². The minimum absolute atomic E-state index is 0.487. The van der Waals surface area contributed by atoms with Crippen molar-refractivity contribution >= 4 is 0 Å². The van der Waals surface area contributed by atoms with E-state index >= 15 is 0 Å². The smallest absolute Gasteiger partial charge is 0.205 e. The molecule has 0 N–H and O–H groups in total. The second-order valence-electron chi connectivity index (χ2n) is 5.20. The number of nitriles is 1. The highest BCUT2D eigenvalue weighted by Gasteiger charge is 2.09. The number of nitrogens with zero attached hydrogens (tertiary/aromatic N) is 6. The Morgan fingerprint density at radius 2 is 1.86 bits per heavy atom. The highest BCUT2D eigenvalue weighted by Crippen LogP contribution is 2.19. The van der Waals surface area contributed by atoms with Crippen molar-refractivity contribution in [3.05, 3.63) is 53.7 Å². The molecule has 3 rings (SSSR count). The maximum Gasteiger partial charge on any atom is 0.205 e. The summed E-state index contributed by atoms with van der Waals surface area (Å²) in [7, 11) is 0. The molecule has 0 saturated heterocycles. The molecule has 22 heavy (non-hydrogen) atoms. The molecule has 0 fully saturated rings. The average Bonchev–Trinajstić information content (AvgIpc) is 3.05. The highest BCUT2D eigenvalue weighted by molar-refractivity contribution is 5.54. The molecule has 2 heterocycles. The van der Waals surface area contributed by atoms with Gasteiger partial charge in [-0.2, -0.15) is 5.26 Å². The van der Waals surface area contributed by atoms with Crippen LogP contribution >= 0.6 is 0 Å². The van der Waals surface area contributed by atoms with Crippen LogP contribution in [0.15, 0.2) is 42.6 Å². The van der Waals surface area contributed by atoms with Gasteiger partial charge in [0.15, 0.2) is 5.82 Å². The molecule has 6 nitrogen and oxygen atoms in total. The van der Waals surface area contributed by atoms with E-state index in [1.807, 2.05) is 18.2 Å². The third-order valence-corrected chi connectivity index (χ3v) is 3.33. The number of aromatic nitrogens is 5. The van der Waals surface area contributed by atoms with Gasteiger partial charge in [0.05, 0.1) is 5.56 Å². The van der Waals surface area contributed by atoms with E-state index < -0.39 is 0 Å². The highest BCUT2D eigenvalue weighted by atomic mass is 15.6. The molecule has 2 aromatic heterocycles. The maximum absolute atomic E-state index is 8.77. The van der Waals surface area contributed by atoms with Crippen LogP contribution in [0, 0.1) is 11.3 Å². The predicted molar refractivity (Wildman–Crippen MR) is 81.2 cm³/mol. The average molecular weight is 290 g/mol. The lowest BCUT2D eigenvalue weighted by Crippen LogP contribution is -2.01. The van der Waals surface area contributed by atoms with Crippen LogP contribution < -0.4 is 0 Å². The summed E-state index contributed by atoms with van der Waals surface area (Å²) in [4.78, 5) is 5.49. The van der Waals surface area contributed by atoms with Gasteiger partial charge in [0.25, 0.3) is 0 Å². The largest absolute Gasteiger partial charge is 0.234 e. The van der Waals surface area contributed by atoms with E-state index in [4.69, 9.17) is 5.26 Å². The molecule has 108 valence electrons. The summed E-state index contributed by atoms with van der Waals surface area (Å²) in [5, 5.41) is 21.2. The van der Waals surface area contributed by atoms with E-state index in [9.17, 15) is 0 Å². The van der Waals surface area contributed by atoms with Crippen molar-refractivity contribution < 1.29 is 0 Å².